The van der Waals surface area contributed by atoms with E-state index in [4.69, 9.17) is 0 Å². The van der Waals surface area contributed by atoms with Gasteiger partial charge in [-0.3, -0.25) is 9.59 Å². The Morgan fingerprint density at radius 2 is 1.46 bits per heavy atom. The van der Waals surface area contributed by atoms with Crippen LogP contribution in [-0.2, 0) is 16.1 Å². The number of carbonyl (C=O) groups excluding carboxylic acids is 2. The van der Waals surface area contributed by atoms with E-state index in [1.54, 1.807) is 0 Å². The Labute approximate surface area is 145 Å². The van der Waals surface area contributed by atoms with Crippen LogP contribution < -0.4 is 0 Å². The first kappa shape index (κ1) is 18.5. The maximum atomic E-state index is 13.1. The second-order valence-corrected chi connectivity index (χ2v) is 6.68. The fourth-order valence-corrected chi connectivity index (χ4v) is 3.24. The van der Waals surface area contributed by atoms with Crippen molar-refractivity contribution in [2.75, 3.05) is 19.6 Å². The minimum Gasteiger partial charge on any atom is -0.342 e. The summed E-state index contributed by atoms with van der Waals surface area (Å²) in [4.78, 5) is 29.8. The van der Waals surface area contributed by atoms with Crippen LogP contribution in [0.15, 0.2) is 30.3 Å². The Kier molecular flexibility index (Phi) is 6.41. The Balaban J connectivity index is 2.12. The number of nitrogens with zero attached hydrogens (tertiary/aromatic N) is 2. The number of rotatable bonds is 9. The van der Waals surface area contributed by atoms with Crippen LogP contribution in [0.1, 0.15) is 52.0 Å². The largest absolute Gasteiger partial charge is 0.342 e. The van der Waals surface area contributed by atoms with E-state index in [9.17, 15) is 9.59 Å². The van der Waals surface area contributed by atoms with E-state index in [2.05, 4.69) is 13.8 Å². The molecule has 1 aliphatic carbocycles. The van der Waals surface area contributed by atoms with E-state index in [0.717, 1.165) is 31.5 Å². The monoisotopic (exact) mass is 330 g/mol. The molecule has 132 valence electrons. The lowest BCUT2D eigenvalue weighted by atomic mass is 10.0. The van der Waals surface area contributed by atoms with E-state index in [1.165, 1.54) is 0 Å². The van der Waals surface area contributed by atoms with Crippen molar-refractivity contribution in [2.24, 2.45) is 5.41 Å². The zero-order valence-corrected chi connectivity index (χ0v) is 15.3. The molecule has 0 N–H and O–H groups in total. The molecular formula is C20H30N2O2. The van der Waals surface area contributed by atoms with Gasteiger partial charge in [-0.1, -0.05) is 44.2 Å². The first-order valence-electron chi connectivity index (χ1n) is 9.21. The molecule has 0 bridgehead atoms. The predicted octanol–water partition coefficient (Wildman–Crippen LogP) is 3.46. The summed E-state index contributed by atoms with van der Waals surface area (Å²) in [5, 5.41) is 0. The second kappa shape index (κ2) is 8.32. The van der Waals surface area contributed by atoms with E-state index >= 15 is 0 Å². The minimum absolute atomic E-state index is 0.0102. The molecule has 0 heterocycles. The number of benzene rings is 1. The average Bonchev–Trinajstić information content (AvgIpc) is 3.41. The van der Waals surface area contributed by atoms with Crippen LogP contribution in [0.25, 0.3) is 0 Å². The summed E-state index contributed by atoms with van der Waals surface area (Å²) in [6, 6.07) is 9.99. The number of amides is 2. The van der Waals surface area contributed by atoms with Crippen molar-refractivity contribution >= 4 is 11.8 Å². The Hall–Kier alpha value is -1.84. The van der Waals surface area contributed by atoms with Crippen LogP contribution in [0, 0.1) is 5.41 Å². The average molecular weight is 330 g/mol. The standard InChI is InChI=1S/C20H30N2O2/c1-4-14-22(15-5-2)19(24)20(12-13-20)18(23)21(6-3)16-17-10-8-7-9-11-17/h7-11H,4-6,12-16H2,1-3H3. The smallest absolute Gasteiger partial charge is 0.238 e. The van der Waals surface area contributed by atoms with Crippen LogP contribution in [0.3, 0.4) is 0 Å². The number of hydrogen-bond donors (Lipinski definition) is 0. The molecule has 0 spiro atoms. The summed E-state index contributed by atoms with van der Waals surface area (Å²) in [6.45, 7) is 8.82. The molecule has 1 aliphatic rings. The molecule has 0 saturated heterocycles. The van der Waals surface area contributed by atoms with E-state index in [1.807, 2.05) is 47.1 Å². The molecule has 1 fully saturated rings. The third-order valence-electron chi connectivity index (χ3n) is 4.73. The first-order chi connectivity index (χ1) is 11.6. The molecule has 2 amide bonds. The van der Waals surface area contributed by atoms with Crippen molar-refractivity contribution in [1.82, 2.24) is 9.80 Å². The van der Waals surface area contributed by atoms with Crippen LogP contribution in [0.5, 0.6) is 0 Å². The third-order valence-corrected chi connectivity index (χ3v) is 4.73. The summed E-state index contributed by atoms with van der Waals surface area (Å²) in [5.74, 6) is 0.0544. The van der Waals surface area contributed by atoms with Crippen molar-refractivity contribution in [3.8, 4) is 0 Å². The maximum Gasteiger partial charge on any atom is 0.238 e. The molecule has 24 heavy (non-hydrogen) atoms. The quantitative estimate of drug-likeness (QED) is 0.651. The Bertz CT molecular complexity index is 546. The zero-order valence-electron chi connectivity index (χ0n) is 15.3. The molecule has 0 unspecified atom stereocenters. The van der Waals surface area contributed by atoms with Gasteiger partial charge in [-0.25, -0.2) is 0 Å². The normalized spacial score (nSPS) is 15.0. The molecule has 0 aromatic heterocycles. The SMILES string of the molecule is CCCN(CCC)C(=O)C1(C(=O)N(CC)Cc2ccccc2)CC1. The molecule has 2 rings (SSSR count). The van der Waals surface area contributed by atoms with Gasteiger partial charge in [-0.05, 0) is 38.2 Å². The number of carbonyl (C=O) groups is 2. The molecule has 1 aromatic carbocycles. The van der Waals surface area contributed by atoms with Gasteiger partial charge in [0.05, 0.1) is 0 Å². The molecule has 4 nitrogen and oxygen atoms in total. The molecule has 0 atom stereocenters. The molecular weight excluding hydrogens is 300 g/mol. The maximum absolute atomic E-state index is 13.1. The van der Waals surface area contributed by atoms with Crippen LogP contribution >= 0.6 is 0 Å². The minimum atomic E-state index is -0.783. The first-order valence-corrected chi connectivity index (χ1v) is 9.21. The highest BCUT2D eigenvalue weighted by atomic mass is 16.2. The lowest BCUT2D eigenvalue weighted by molar-refractivity contribution is -0.149. The van der Waals surface area contributed by atoms with Gasteiger partial charge in [0, 0.05) is 26.2 Å². The van der Waals surface area contributed by atoms with Crippen LogP contribution in [0.2, 0.25) is 0 Å². The second-order valence-electron chi connectivity index (χ2n) is 6.68. The summed E-state index contributed by atoms with van der Waals surface area (Å²) in [6.07, 6.45) is 3.24. The zero-order chi connectivity index (χ0) is 17.6. The summed E-state index contributed by atoms with van der Waals surface area (Å²) in [5.41, 5.74) is 0.324. The highest BCUT2D eigenvalue weighted by Gasteiger charge is 2.59. The molecule has 1 aromatic rings. The molecule has 0 radical (unpaired) electrons. The van der Waals surface area contributed by atoms with Gasteiger partial charge in [0.2, 0.25) is 11.8 Å². The van der Waals surface area contributed by atoms with Crippen molar-refractivity contribution in [3.63, 3.8) is 0 Å². The van der Waals surface area contributed by atoms with Crippen molar-refractivity contribution in [3.05, 3.63) is 35.9 Å². The Morgan fingerprint density at radius 1 is 0.917 bits per heavy atom. The fraction of sp³-hybridized carbons (Fsp3) is 0.600. The lowest BCUT2D eigenvalue weighted by Crippen LogP contribution is -2.47. The predicted molar refractivity (Wildman–Crippen MR) is 96.4 cm³/mol. The van der Waals surface area contributed by atoms with Gasteiger partial charge in [-0.15, -0.1) is 0 Å². The van der Waals surface area contributed by atoms with Gasteiger partial charge >= 0.3 is 0 Å². The van der Waals surface area contributed by atoms with E-state index in [-0.39, 0.29) is 11.8 Å². The van der Waals surface area contributed by atoms with E-state index in [0.29, 0.717) is 25.9 Å². The van der Waals surface area contributed by atoms with Crippen LogP contribution in [-0.4, -0.2) is 41.2 Å². The highest BCUT2D eigenvalue weighted by molar-refractivity contribution is 6.07. The summed E-state index contributed by atoms with van der Waals surface area (Å²) in [7, 11) is 0. The Morgan fingerprint density at radius 3 is 1.92 bits per heavy atom. The highest BCUT2D eigenvalue weighted by Crippen LogP contribution is 2.49. The van der Waals surface area contributed by atoms with Crippen molar-refractivity contribution in [1.29, 1.82) is 0 Å². The van der Waals surface area contributed by atoms with Crippen LogP contribution in [0.4, 0.5) is 0 Å². The summed E-state index contributed by atoms with van der Waals surface area (Å²) < 4.78 is 0. The fourth-order valence-electron chi connectivity index (χ4n) is 3.24. The van der Waals surface area contributed by atoms with Crippen molar-refractivity contribution in [2.45, 2.75) is 53.0 Å². The summed E-state index contributed by atoms with van der Waals surface area (Å²) >= 11 is 0. The topological polar surface area (TPSA) is 40.6 Å². The third kappa shape index (κ3) is 3.97. The van der Waals surface area contributed by atoms with Gasteiger partial charge in [0.1, 0.15) is 5.41 Å². The van der Waals surface area contributed by atoms with Gasteiger partial charge in [-0.2, -0.15) is 0 Å². The van der Waals surface area contributed by atoms with Gasteiger partial charge in [0.25, 0.3) is 0 Å². The molecule has 1 saturated carbocycles. The molecule has 4 heteroatoms. The van der Waals surface area contributed by atoms with Crippen molar-refractivity contribution < 1.29 is 9.59 Å². The number of hydrogen-bond acceptors (Lipinski definition) is 2. The van der Waals surface area contributed by atoms with E-state index < -0.39 is 5.41 Å². The van der Waals surface area contributed by atoms with Gasteiger partial charge in [0.15, 0.2) is 0 Å². The lowest BCUT2D eigenvalue weighted by Gasteiger charge is -2.30. The molecule has 0 aliphatic heterocycles. The van der Waals surface area contributed by atoms with Gasteiger partial charge < -0.3 is 9.80 Å².